The first-order valence-corrected chi connectivity index (χ1v) is 11.2. The first kappa shape index (κ1) is 22.1. The van der Waals surface area contributed by atoms with Crippen molar-refractivity contribution in [3.8, 4) is 6.07 Å². The van der Waals surface area contributed by atoms with Crippen LogP contribution in [-0.4, -0.2) is 11.2 Å². The number of anilines is 1. The van der Waals surface area contributed by atoms with E-state index < -0.39 is 0 Å². The fourth-order valence-corrected chi connectivity index (χ4v) is 4.09. The van der Waals surface area contributed by atoms with Crippen LogP contribution in [0.5, 0.6) is 0 Å². The Bertz CT molecular complexity index is 875. The van der Waals surface area contributed by atoms with E-state index in [1.54, 1.807) is 6.21 Å². The van der Waals surface area contributed by atoms with E-state index in [1.807, 2.05) is 12.1 Å². The minimum Gasteiger partial charge on any atom is -0.422 e. The van der Waals surface area contributed by atoms with Crippen LogP contribution in [0.2, 0.25) is 0 Å². The third kappa shape index (κ3) is 5.72. The van der Waals surface area contributed by atoms with Crippen molar-refractivity contribution in [3.63, 3.8) is 0 Å². The molecular formula is C25H34N4O. The molecule has 3 rings (SSSR count). The van der Waals surface area contributed by atoms with Crippen molar-refractivity contribution >= 4 is 12.1 Å². The second-order valence-corrected chi connectivity index (χ2v) is 9.44. The van der Waals surface area contributed by atoms with Crippen molar-refractivity contribution in [1.29, 1.82) is 5.26 Å². The van der Waals surface area contributed by atoms with Gasteiger partial charge in [0.15, 0.2) is 0 Å². The molecular weight excluding hydrogens is 372 g/mol. The second kappa shape index (κ2) is 9.93. The molecule has 1 saturated carbocycles. The molecule has 160 valence electrons. The normalized spacial score (nSPS) is 19.7. The molecule has 0 bridgehead atoms. The van der Waals surface area contributed by atoms with Gasteiger partial charge in [0.2, 0.25) is 11.6 Å². The summed E-state index contributed by atoms with van der Waals surface area (Å²) in [6.07, 6.45) is 10.3. The minimum atomic E-state index is 0.126. The van der Waals surface area contributed by atoms with Crippen molar-refractivity contribution in [2.45, 2.75) is 84.0 Å². The highest BCUT2D eigenvalue weighted by Crippen LogP contribution is 2.38. The molecule has 0 saturated heterocycles. The average Bonchev–Trinajstić information content (AvgIpc) is 3.15. The topological polar surface area (TPSA) is 74.2 Å². The largest absolute Gasteiger partial charge is 0.422 e. The predicted octanol–water partition coefficient (Wildman–Crippen LogP) is 6.75. The van der Waals surface area contributed by atoms with Gasteiger partial charge in [0.1, 0.15) is 6.07 Å². The zero-order valence-corrected chi connectivity index (χ0v) is 18.7. The van der Waals surface area contributed by atoms with Gasteiger partial charge in [-0.1, -0.05) is 71.2 Å². The van der Waals surface area contributed by atoms with Gasteiger partial charge in [-0.2, -0.15) is 10.4 Å². The van der Waals surface area contributed by atoms with Gasteiger partial charge in [0.25, 0.3) is 5.88 Å². The Morgan fingerprint density at radius 1 is 1.20 bits per heavy atom. The number of unbranched alkanes of at least 4 members (excludes halogenated alkanes) is 1. The average molecular weight is 407 g/mol. The van der Waals surface area contributed by atoms with Gasteiger partial charge in [-0.25, -0.2) is 10.4 Å². The van der Waals surface area contributed by atoms with Gasteiger partial charge in [0, 0.05) is 5.92 Å². The molecule has 0 spiro atoms. The summed E-state index contributed by atoms with van der Waals surface area (Å²) < 4.78 is 5.90. The van der Waals surface area contributed by atoms with Gasteiger partial charge < -0.3 is 4.42 Å². The fourth-order valence-electron chi connectivity index (χ4n) is 4.09. The molecule has 2 aromatic rings. The van der Waals surface area contributed by atoms with Crippen molar-refractivity contribution < 1.29 is 4.42 Å². The van der Waals surface area contributed by atoms with Gasteiger partial charge >= 0.3 is 0 Å². The zero-order valence-electron chi connectivity index (χ0n) is 18.7. The summed E-state index contributed by atoms with van der Waals surface area (Å²) >= 11 is 0. The number of nitrogens with one attached hydrogen (secondary N) is 1. The van der Waals surface area contributed by atoms with E-state index in [4.69, 9.17) is 4.42 Å². The van der Waals surface area contributed by atoms with Crippen LogP contribution in [0.1, 0.15) is 101 Å². The number of aromatic nitrogens is 1. The third-order valence-electron chi connectivity index (χ3n) is 6.07. The number of rotatable bonds is 7. The van der Waals surface area contributed by atoms with E-state index in [0.717, 1.165) is 24.3 Å². The molecule has 0 amide bonds. The van der Waals surface area contributed by atoms with Crippen LogP contribution in [0.15, 0.2) is 33.8 Å². The second-order valence-electron chi connectivity index (χ2n) is 9.44. The zero-order chi connectivity index (χ0) is 21.6. The lowest BCUT2D eigenvalue weighted by Crippen LogP contribution is -2.13. The van der Waals surface area contributed by atoms with Crippen LogP contribution < -0.4 is 5.43 Å². The van der Waals surface area contributed by atoms with E-state index in [0.29, 0.717) is 17.7 Å². The van der Waals surface area contributed by atoms with Crippen LogP contribution in [0.25, 0.3) is 0 Å². The number of oxazole rings is 1. The summed E-state index contributed by atoms with van der Waals surface area (Å²) in [5.74, 6) is 2.15. The van der Waals surface area contributed by atoms with Gasteiger partial charge in [-0.15, -0.1) is 0 Å². The Hall–Kier alpha value is -2.61. The van der Waals surface area contributed by atoms with E-state index >= 15 is 0 Å². The van der Waals surface area contributed by atoms with Crippen LogP contribution in [0.3, 0.4) is 0 Å². The minimum absolute atomic E-state index is 0.126. The summed E-state index contributed by atoms with van der Waals surface area (Å²) in [5.41, 5.74) is 5.54. The first-order chi connectivity index (χ1) is 14.4. The summed E-state index contributed by atoms with van der Waals surface area (Å²) in [6.45, 7) is 8.83. The molecule has 0 aliphatic heterocycles. The maximum Gasteiger partial charge on any atom is 0.252 e. The molecule has 0 unspecified atom stereocenters. The third-order valence-corrected chi connectivity index (χ3v) is 6.07. The molecule has 0 radical (unpaired) electrons. The molecule has 1 N–H and O–H groups in total. The summed E-state index contributed by atoms with van der Waals surface area (Å²) in [6, 6.07) is 10.4. The highest BCUT2D eigenvalue weighted by atomic mass is 16.4. The highest BCUT2D eigenvalue weighted by Gasteiger charge is 2.27. The number of hydrogen-bond donors (Lipinski definition) is 1. The van der Waals surface area contributed by atoms with E-state index in [-0.39, 0.29) is 11.1 Å². The molecule has 0 atom stereocenters. The Morgan fingerprint density at radius 3 is 2.50 bits per heavy atom. The molecule has 1 aromatic heterocycles. The van der Waals surface area contributed by atoms with Crippen LogP contribution in [0, 0.1) is 17.2 Å². The Labute approximate surface area is 180 Å². The first-order valence-electron chi connectivity index (χ1n) is 11.2. The molecule has 1 aliphatic carbocycles. The quantitative estimate of drug-likeness (QED) is 0.407. The lowest BCUT2D eigenvalue weighted by molar-refractivity contribution is 0.278. The number of nitrogens with zero attached hydrogens (tertiary/aromatic N) is 3. The van der Waals surface area contributed by atoms with Crippen LogP contribution >= 0.6 is 0 Å². The molecule has 30 heavy (non-hydrogen) atoms. The molecule has 1 aromatic carbocycles. The maximum atomic E-state index is 9.43. The van der Waals surface area contributed by atoms with E-state index in [2.05, 4.69) is 61.4 Å². The molecule has 5 heteroatoms. The number of benzene rings is 1. The number of nitriles is 1. The van der Waals surface area contributed by atoms with E-state index in [9.17, 15) is 5.26 Å². The summed E-state index contributed by atoms with van der Waals surface area (Å²) in [4.78, 5) is 4.44. The monoisotopic (exact) mass is 406 g/mol. The number of hydrogen-bond acceptors (Lipinski definition) is 5. The number of hydrazone groups is 1. The van der Waals surface area contributed by atoms with Gasteiger partial charge in [-0.3, -0.25) is 0 Å². The summed E-state index contributed by atoms with van der Waals surface area (Å²) in [7, 11) is 0. The Balaban J connectivity index is 1.60. The van der Waals surface area contributed by atoms with Crippen LogP contribution in [0.4, 0.5) is 5.88 Å². The molecule has 1 fully saturated rings. The van der Waals surface area contributed by atoms with Gasteiger partial charge in [0.05, 0.1) is 6.21 Å². The predicted molar refractivity (Wildman–Crippen MR) is 122 cm³/mol. The smallest absolute Gasteiger partial charge is 0.252 e. The Kier molecular flexibility index (Phi) is 7.31. The highest BCUT2D eigenvalue weighted by molar-refractivity contribution is 5.80. The lowest BCUT2D eigenvalue weighted by atomic mass is 9.80. The maximum absolute atomic E-state index is 9.43. The fraction of sp³-hybridized carbons (Fsp3) is 0.560. The van der Waals surface area contributed by atoms with Crippen molar-refractivity contribution in [3.05, 3.63) is 47.0 Å². The van der Waals surface area contributed by atoms with Crippen molar-refractivity contribution in [1.82, 2.24) is 4.98 Å². The van der Waals surface area contributed by atoms with Gasteiger partial charge in [-0.05, 0) is 48.1 Å². The SMILES string of the molecule is CCCCC1CCC(c2nc(C#N)c(N/N=C/c3ccc(C(C)(C)C)cc3)o2)CC1. The molecule has 1 aliphatic rings. The Morgan fingerprint density at radius 2 is 1.90 bits per heavy atom. The lowest BCUT2D eigenvalue weighted by Gasteiger charge is -2.26. The van der Waals surface area contributed by atoms with Crippen molar-refractivity contribution in [2.75, 3.05) is 5.43 Å². The molecule has 5 nitrogen and oxygen atoms in total. The van der Waals surface area contributed by atoms with Crippen LogP contribution in [-0.2, 0) is 5.41 Å². The van der Waals surface area contributed by atoms with E-state index in [1.165, 1.54) is 37.7 Å². The molecule has 1 heterocycles. The van der Waals surface area contributed by atoms with Crippen molar-refractivity contribution in [2.24, 2.45) is 11.0 Å². The summed E-state index contributed by atoms with van der Waals surface area (Å²) in [5, 5.41) is 13.7. The standard InChI is InChI=1S/C25H34N4O/c1-5-6-7-18-8-12-20(13-9-18)23-28-22(16-26)24(30-23)29-27-17-19-10-14-21(15-11-19)25(2,3)4/h10-11,14-15,17-18,20,29H,5-9,12-13H2,1-4H3/b27-17+.